The largest absolute Gasteiger partial charge is 0.283 e. The minimum atomic E-state index is -0.426. The third-order valence-corrected chi connectivity index (χ3v) is 2.63. The highest BCUT2D eigenvalue weighted by atomic mass is 16.2. The molecule has 0 aliphatic heterocycles. The van der Waals surface area contributed by atoms with Crippen molar-refractivity contribution in [3.63, 3.8) is 0 Å². The monoisotopic (exact) mass is 191 g/mol. The van der Waals surface area contributed by atoms with E-state index in [0.717, 1.165) is 23.5 Å². The van der Waals surface area contributed by atoms with Crippen LogP contribution in [0.4, 0.5) is 0 Å². The molecular weight excluding hydrogens is 178 g/mol. The molecule has 4 heteroatoms. The standard InChI is InChI=1S/C10H13N3O/c1-13(11)9(14)10(5-6-10)8-4-2-3-7-12-8/h2-4,7H,5-6,11H2,1H3. The summed E-state index contributed by atoms with van der Waals surface area (Å²) in [6, 6.07) is 5.62. The van der Waals surface area contributed by atoms with Gasteiger partial charge in [0.2, 0.25) is 5.91 Å². The van der Waals surface area contributed by atoms with Crippen molar-refractivity contribution < 1.29 is 4.79 Å². The van der Waals surface area contributed by atoms with Gasteiger partial charge in [-0.25, -0.2) is 5.84 Å². The Labute approximate surface area is 82.7 Å². The van der Waals surface area contributed by atoms with Crippen LogP contribution in [0.2, 0.25) is 0 Å². The van der Waals surface area contributed by atoms with Crippen LogP contribution in [0.15, 0.2) is 24.4 Å². The number of aromatic nitrogens is 1. The molecule has 2 N–H and O–H groups in total. The Morgan fingerprint density at radius 1 is 1.57 bits per heavy atom. The van der Waals surface area contributed by atoms with Crippen LogP contribution in [-0.2, 0) is 10.2 Å². The number of hydrogen-bond acceptors (Lipinski definition) is 3. The number of nitrogens with zero attached hydrogens (tertiary/aromatic N) is 2. The van der Waals surface area contributed by atoms with E-state index in [0.29, 0.717) is 0 Å². The molecule has 0 radical (unpaired) electrons. The van der Waals surface area contributed by atoms with Crippen LogP contribution >= 0.6 is 0 Å². The lowest BCUT2D eigenvalue weighted by atomic mass is 10.0. The zero-order valence-electron chi connectivity index (χ0n) is 8.10. The van der Waals surface area contributed by atoms with Gasteiger partial charge in [0.25, 0.3) is 0 Å². The molecule has 1 heterocycles. The number of likely N-dealkylation sites (N-methyl/N-ethyl adjacent to an activating group) is 1. The second kappa shape index (κ2) is 3.06. The molecule has 1 aromatic rings. The summed E-state index contributed by atoms with van der Waals surface area (Å²) in [5.41, 5.74) is 0.410. The van der Waals surface area contributed by atoms with Crippen molar-refractivity contribution >= 4 is 5.91 Å². The number of carbonyl (C=O) groups is 1. The van der Waals surface area contributed by atoms with Crippen molar-refractivity contribution in [2.45, 2.75) is 18.3 Å². The molecule has 0 atom stereocenters. The van der Waals surface area contributed by atoms with Crippen LogP contribution in [0.1, 0.15) is 18.5 Å². The van der Waals surface area contributed by atoms with E-state index in [1.54, 1.807) is 13.2 Å². The summed E-state index contributed by atoms with van der Waals surface area (Å²) in [5, 5.41) is 1.15. The molecule has 1 fully saturated rings. The van der Waals surface area contributed by atoms with Crippen molar-refractivity contribution in [3.8, 4) is 0 Å². The number of hydrogen-bond donors (Lipinski definition) is 1. The van der Waals surface area contributed by atoms with Crippen molar-refractivity contribution in [1.82, 2.24) is 9.99 Å². The first-order valence-electron chi connectivity index (χ1n) is 4.61. The van der Waals surface area contributed by atoms with Gasteiger partial charge in [0, 0.05) is 13.2 Å². The predicted octanol–water partition coefficient (Wildman–Crippen LogP) is 0.445. The van der Waals surface area contributed by atoms with Gasteiger partial charge in [-0.15, -0.1) is 0 Å². The van der Waals surface area contributed by atoms with Crippen molar-refractivity contribution in [1.29, 1.82) is 0 Å². The topological polar surface area (TPSA) is 59.2 Å². The molecule has 74 valence electrons. The van der Waals surface area contributed by atoms with Gasteiger partial charge in [0.1, 0.15) is 0 Å². The quantitative estimate of drug-likeness (QED) is 0.419. The second-order valence-electron chi connectivity index (χ2n) is 3.71. The van der Waals surface area contributed by atoms with Crippen LogP contribution in [0.25, 0.3) is 0 Å². The zero-order valence-corrected chi connectivity index (χ0v) is 8.10. The maximum Gasteiger partial charge on any atom is 0.248 e. The summed E-state index contributed by atoms with van der Waals surface area (Å²) in [5.74, 6) is 5.41. The molecule has 14 heavy (non-hydrogen) atoms. The third-order valence-electron chi connectivity index (χ3n) is 2.63. The van der Waals surface area contributed by atoms with E-state index in [9.17, 15) is 4.79 Å². The van der Waals surface area contributed by atoms with E-state index in [1.165, 1.54) is 0 Å². The summed E-state index contributed by atoms with van der Waals surface area (Å²) in [6.45, 7) is 0. The van der Waals surface area contributed by atoms with E-state index in [-0.39, 0.29) is 5.91 Å². The Morgan fingerprint density at radius 2 is 2.29 bits per heavy atom. The lowest BCUT2D eigenvalue weighted by Crippen LogP contribution is -2.41. The molecule has 1 aliphatic carbocycles. The Morgan fingerprint density at radius 3 is 2.71 bits per heavy atom. The highest BCUT2D eigenvalue weighted by molar-refractivity contribution is 5.90. The van der Waals surface area contributed by atoms with Crippen LogP contribution in [0.5, 0.6) is 0 Å². The smallest absolute Gasteiger partial charge is 0.248 e. The highest BCUT2D eigenvalue weighted by Gasteiger charge is 2.53. The number of nitrogens with two attached hydrogens (primary N) is 1. The predicted molar refractivity (Wildman–Crippen MR) is 52.1 cm³/mol. The molecule has 0 saturated heterocycles. The lowest BCUT2D eigenvalue weighted by molar-refractivity contribution is -0.133. The summed E-state index contributed by atoms with van der Waals surface area (Å²) in [7, 11) is 1.57. The minimum Gasteiger partial charge on any atom is -0.283 e. The van der Waals surface area contributed by atoms with Gasteiger partial charge >= 0.3 is 0 Å². The SMILES string of the molecule is CN(N)C(=O)C1(c2ccccn2)CC1. The van der Waals surface area contributed by atoms with E-state index in [2.05, 4.69) is 4.98 Å². The Hall–Kier alpha value is -1.42. The fraction of sp³-hybridized carbons (Fsp3) is 0.400. The molecule has 1 aromatic heterocycles. The fourth-order valence-electron chi connectivity index (χ4n) is 1.69. The van der Waals surface area contributed by atoms with Gasteiger partial charge in [0.05, 0.1) is 11.1 Å². The molecule has 1 saturated carbocycles. The molecule has 1 amide bonds. The third kappa shape index (κ3) is 1.28. The van der Waals surface area contributed by atoms with E-state index in [4.69, 9.17) is 5.84 Å². The first kappa shape index (κ1) is 9.15. The van der Waals surface area contributed by atoms with Gasteiger partial charge in [-0.05, 0) is 25.0 Å². The van der Waals surface area contributed by atoms with Gasteiger partial charge in [0.15, 0.2) is 0 Å². The van der Waals surface area contributed by atoms with Gasteiger partial charge in [-0.3, -0.25) is 14.8 Å². The Kier molecular flexibility index (Phi) is 2.00. The maximum absolute atomic E-state index is 11.8. The zero-order chi connectivity index (χ0) is 10.2. The Balaban J connectivity index is 2.30. The molecule has 0 bridgehead atoms. The molecule has 0 aromatic carbocycles. The van der Waals surface area contributed by atoms with Crippen LogP contribution in [0, 0.1) is 0 Å². The molecule has 0 unspecified atom stereocenters. The molecule has 1 aliphatic rings. The average molecular weight is 191 g/mol. The number of carbonyl (C=O) groups excluding carboxylic acids is 1. The first-order valence-corrected chi connectivity index (χ1v) is 4.61. The van der Waals surface area contributed by atoms with Crippen LogP contribution in [0.3, 0.4) is 0 Å². The Bertz CT molecular complexity index is 344. The first-order chi connectivity index (χ1) is 6.67. The fourth-order valence-corrected chi connectivity index (χ4v) is 1.69. The van der Waals surface area contributed by atoms with E-state index in [1.807, 2.05) is 18.2 Å². The van der Waals surface area contributed by atoms with Crippen molar-refractivity contribution in [3.05, 3.63) is 30.1 Å². The van der Waals surface area contributed by atoms with Crippen molar-refractivity contribution in [2.24, 2.45) is 5.84 Å². The normalized spacial score (nSPS) is 17.6. The minimum absolute atomic E-state index is 0.0452. The number of hydrazine groups is 1. The second-order valence-corrected chi connectivity index (χ2v) is 3.71. The van der Waals surface area contributed by atoms with Crippen molar-refractivity contribution in [2.75, 3.05) is 7.05 Å². The van der Waals surface area contributed by atoms with E-state index >= 15 is 0 Å². The van der Waals surface area contributed by atoms with Crippen LogP contribution < -0.4 is 5.84 Å². The summed E-state index contributed by atoms with van der Waals surface area (Å²) in [4.78, 5) is 16.0. The molecule has 0 spiro atoms. The lowest BCUT2D eigenvalue weighted by Gasteiger charge is -2.18. The van der Waals surface area contributed by atoms with Gasteiger partial charge < -0.3 is 0 Å². The van der Waals surface area contributed by atoms with Gasteiger partial charge in [-0.2, -0.15) is 0 Å². The number of rotatable bonds is 2. The number of amides is 1. The summed E-state index contributed by atoms with van der Waals surface area (Å²) < 4.78 is 0. The highest BCUT2D eigenvalue weighted by Crippen LogP contribution is 2.48. The maximum atomic E-state index is 11.8. The van der Waals surface area contributed by atoms with Gasteiger partial charge in [-0.1, -0.05) is 6.07 Å². The number of pyridine rings is 1. The average Bonchev–Trinajstić information content (AvgIpc) is 2.99. The van der Waals surface area contributed by atoms with Crippen LogP contribution in [-0.4, -0.2) is 22.9 Å². The summed E-state index contributed by atoms with van der Waals surface area (Å²) in [6.07, 6.45) is 3.41. The molecule has 2 rings (SSSR count). The molecule has 4 nitrogen and oxygen atoms in total. The summed E-state index contributed by atoms with van der Waals surface area (Å²) >= 11 is 0. The molecular formula is C10H13N3O. The van der Waals surface area contributed by atoms with E-state index < -0.39 is 5.41 Å².